The van der Waals surface area contributed by atoms with E-state index >= 15 is 0 Å². The average Bonchev–Trinajstić information content (AvgIpc) is 2.49. The number of benzene rings is 1. The number of nitrogens with one attached hydrogen (secondary N) is 1. The Hall–Kier alpha value is -2.08. The highest BCUT2D eigenvalue weighted by atomic mass is 16.5. The fourth-order valence-electron chi connectivity index (χ4n) is 1.52. The van der Waals surface area contributed by atoms with Crippen molar-refractivity contribution in [3.63, 3.8) is 0 Å². The maximum atomic E-state index is 11.8. The lowest BCUT2D eigenvalue weighted by Crippen LogP contribution is -2.27. The van der Waals surface area contributed by atoms with Crippen LogP contribution in [0.3, 0.4) is 0 Å². The van der Waals surface area contributed by atoms with Crippen molar-refractivity contribution >= 4 is 5.91 Å². The van der Waals surface area contributed by atoms with E-state index in [9.17, 15) is 4.79 Å². The van der Waals surface area contributed by atoms with Crippen LogP contribution >= 0.6 is 0 Å². The second-order valence-electron chi connectivity index (χ2n) is 4.30. The van der Waals surface area contributed by atoms with Crippen molar-refractivity contribution in [2.75, 3.05) is 39.5 Å². The van der Waals surface area contributed by atoms with Crippen LogP contribution in [0.2, 0.25) is 0 Å². The molecule has 7 heteroatoms. The molecule has 0 unspecified atom stereocenters. The molecule has 1 aromatic carbocycles. The van der Waals surface area contributed by atoms with Crippen molar-refractivity contribution in [1.82, 2.24) is 5.32 Å². The largest absolute Gasteiger partial charge is 0.379 e. The minimum Gasteiger partial charge on any atom is -0.379 e. The van der Waals surface area contributed by atoms with Crippen LogP contribution in [-0.2, 0) is 9.47 Å². The van der Waals surface area contributed by atoms with Gasteiger partial charge in [-0.3, -0.25) is 4.79 Å². The first-order valence-electron chi connectivity index (χ1n) is 6.75. The van der Waals surface area contributed by atoms with E-state index in [2.05, 4.69) is 15.3 Å². The van der Waals surface area contributed by atoms with Crippen molar-refractivity contribution in [3.05, 3.63) is 45.8 Å². The van der Waals surface area contributed by atoms with Gasteiger partial charge in [0, 0.05) is 23.6 Å². The van der Waals surface area contributed by atoms with Crippen LogP contribution in [0.5, 0.6) is 0 Å². The van der Waals surface area contributed by atoms with Gasteiger partial charge in [-0.1, -0.05) is 30.2 Å². The lowest BCUT2D eigenvalue weighted by molar-refractivity contribution is 0.0511. The Kier molecular flexibility index (Phi) is 11.4. The first kappa shape index (κ1) is 19.9. The zero-order chi connectivity index (χ0) is 15.3. The van der Waals surface area contributed by atoms with Gasteiger partial charge in [0.1, 0.15) is 0 Å². The second kappa shape index (κ2) is 12.6. The molecule has 1 rings (SSSR count). The van der Waals surface area contributed by atoms with Crippen LogP contribution in [0.25, 0.3) is 10.4 Å². The standard InChI is InChI=1S/C14H20N4O3.CH4/c1-12-2-4-13(5-3-12)14(19)16-6-8-20-10-11-21-9-7-17-18-15;/h2-5H,6-11H2,1H3,(H,16,19);1H4. The summed E-state index contributed by atoms with van der Waals surface area (Å²) in [5.74, 6) is -0.107. The van der Waals surface area contributed by atoms with Crippen molar-refractivity contribution in [2.24, 2.45) is 5.11 Å². The predicted octanol–water partition coefficient (Wildman–Crippen LogP) is 2.70. The number of nitrogens with zero attached hydrogens (tertiary/aromatic N) is 3. The summed E-state index contributed by atoms with van der Waals surface area (Å²) in [6, 6.07) is 7.39. The number of rotatable bonds is 10. The van der Waals surface area contributed by atoms with E-state index in [1.807, 2.05) is 19.1 Å². The highest BCUT2D eigenvalue weighted by Gasteiger charge is 2.03. The first-order chi connectivity index (χ1) is 10.2. The van der Waals surface area contributed by atoms with E-state index in [-0.39, 0.29) is 13.3 Å². The number of azide groups is 1. The molecule has 0 saturated carbocycles. The van der Waals surface area contributed by atoms with Crippen LogP contribution in [0.4, 0.5) is 0 Å². The normalized spacial score (nSPS) is 9.50. The lowest BCUT2D eigenvalue weighted by Gasteiger charge is -2.07. The summed E-state index contributed by atoms with van der Waals surface area (Å²) in [5.41, 5.74) is 9.81. The van der Waals surface area contributed by atoms with Gasteiger partial charge in [-0.2, -0.15) is 0 Å². The molecule has 0 bridgehead atoms. The highest BCUT2D eigenvalue weighted by molar-refractivity contribution is 5.94. The average molecular weight is 308 g/mol. The second-order valence-corrected chi connectivity index (χ2v) is 4.30. The molecule has 22 heavy (non-hydrogen) atoms. The quantitative estimate of drug-likeness (QED) is 0.311. The predicted molar refractivity (Wildman–Crippen MR) is 85.9 cm³/mol. The fraction of sp³-hybridized carbons (Fsp3) is 0.533. The molecule has 0 spiro atoms. The van der Waals surface area contributed by atoms with E-state index in [4.69, 9.17) is 15.0 Å². The van der Waals surface area contributed by atoms with Crippen LogP contribution in [-0.4, -0.2) is 45.4 Å². The minimum atomic E-state index is -0.107. The van der Waals surface area contributed by atoms with Crippen LogP contribution in [0, 0.1) is 6.92 Å². The lowest BCUT2D eigenvalue weighted by atomic mass is 10.1. The van der Waals surface area contributed by atoms with Crippen LogP contribution in [0.1, 0.15) is 23.3 Å². The molecule has 0 saturated heterocycles. The molecule has 0 aromatic heterocycles. The molecule has 1 aromatic rings. The third-order valence-electron chi connectivity index (χ3n) is 2.62. The van der Waals surface area contributed by atoms with Crippen molar-refractivity contribution < 1.29 is 14.3 Å². The van der Waals surface area contributed by atoms with E-state index in [0.29, 0.717) is 45.1 Å². The smallest absolute Gasteiger partial charge is 0.251 e. The molecular weight excluding hydrogens is 284 g/mol. The summed E-state index contributed by atoms with van der Waals surface area (Å²) >= 11 is 0. The molecule has 0 aliphatic rings. The van der Waals surface area contributed by atoms with Gasteiger partial charge in [-0.05, 0) is 24.6 Å². The van der Waals surface area contributed by atoms with Crippen LogP contribution in [0.15, 0.2) is 29.4 Å². The molecule has 0 aliphatic heterocycles. The molecule has 0 fully saturated rings. The number of carbonyl (C=O) groups excluding carboxylic acids is 1. The van der Waals surface area contributed by atoms with E-state index in [1.54, 1.807) is 12.1 Å². The summed E-state index contributed by atoms with van der Waals surface area (Å²) < 4.78 is 10.5. The number of aryl methyl sites for hydroxylation is 1. The van der Waals surface area contributed by atoms with Crippen molar-refractivity contribution in [2.45, 2.75) is 14.4 Å². The van der Waals surface area contributed by atoms with Gasteiger partial charge in [0.05, 0.1) is 26.4 Å². The molecule has 7 nitrogen and oxygen atoms in total. The summed E-state index contributed by atoms with van der Waals surface area (Å²) in [4.78, 5) is 14.4. The Morgan fingerprint density at radius 3 is 2.45 bits per heavy atom. The van der Waals surface area contributed by atoms with Crippen molar-refractivity contribution in [3.8, 4) is 0 Å². The number of hydrogen-bond donors (Lipinski definition) is 1. The maximum Gasteiger partial charge on any atom is 0.251 e. The zero-order valence-corrected chi connectivity index (χ0v) is 12.1. The third kappa shape index (κ3) is 8.97. The number of carbonyl (C=O) groups is 1. The summed E-state index contributed by atoms with van der Waals surface area (Å²) in [7, 11) is 0. The molecule has 0 atom stereocenters. The van der Waals surface area contributed by atoms with Gasteiger partial charge >= 0.3 is 0 Å². The van der Waals surface area contributed by atoms with Gasteiger partial charge in [0.15, 0.2) is 0 Å². The number of hydrogen-bond acceptors (Lipinski definition) is 4. The molecule has 0 radical (unpaired) electrons. The van der Waals surface area contributed by atoms with Gasteiger partial charge < -0.3 is 14.8 Å². The third-order valence-corrected chi connectivity index (χ3v) is 2.62. The van der Waals surface area contributed by atoms with Gasteiger partial charge in [0.2, 0.25) is 0 Å². The van der Waals surface area contributed by atoms with E-state index < -0.39 is 0 Å². The Balaban J connectivity index is 0.00000441. The maximum absolute atomic E-state index is 11.8. The van der Waals surface area contributed by atoms with Gasteiger partial charge in [0.25, 0.3) is 5.91 Å². The zero-order valence-electron chi connectivity index (χ0n) is 12.1. The SMILES string of the molecule is C.Cc1ccc(C(=O)NCCOCCOCCN=[N+]=[N-])cc1. The summed E-state index contributed by atoms with van der Waals surface area (Å²) in [6.45, 7) is 4.44. The van der Waals surface area contributed by atoms with Crippen LogP contribution < -0.4 is 5.32 Å². The topological polar surface area (TPSA) is 96.3 Å². The number of amides is 1. The molecule has 1 amide bonds. The van der Waals surface area contributed by atoms with Gasteiger partial charge in [-0.25, -0.2) is 0 Å². The van der Waals surface area contributed by atoms with Crippen molar-refractivity contribution in [1.29, 1.82) is 0 Å². The molecule has 1 N–H and O–H groups in total. The summed E-state index contributed by atoms with van der Waals surface area (Å²) in [5, 5.41) is 6.12. The molecule has 0 aliphatic carbocycles. The van der Waals surface area contributed by atoms with E-state index in [0.717, 1.165) is 5.56 Å². The Morgan fingerprint density at radius 1 is 1.18 bits per heavy atom. The first-order valence-corrected chi connectivity index (χ1v) is 6.75. The Labute approximate surface area is 131 Å². The highest BCUT2D eigenvalue weighted by Crippen LogP contribution is 2.02. The summed E-state index contributed by atoms with van der Waals surface area (Å²) in [6.07, 6.45) is 0. The molecular formula is C15H24N4O3. The van der Waals surface area contributed by atoms with Gasteiger partial charge in [-0.15, -0.1) is 0 Å². The minimum absolute atomic E-state index is 0. The molecule has 0 heterocycles. The molecule has 122 valence electrons. The van der Waals surface area contributed by atoms with E-state index in [1.165, 1.54) is 0 Å². The Morgan fingerprint density at radius 2 is 1.82 bits per heavy atom. The Bertz CT molecular complexity index is 470. The monoisotopic (exact) mass is 308 g/mol. The fourth-order valence-corrected chi connectivity index (χ4v) is 1.52. The number of ether oxygens (including phenoxy) is 2.